The number of nitrogens with one attached hydrogen (secondary N) is 1. The van der Waals surface area contributed by atoms with Gasteiger partial charge >= 0.3 is 12.4 Å². The number of halogens is 6. The maximum Gasteiger partial charge on any atom is 0.416 e. The summed E-state index contributed by atoms with van der Waals surface area (Å²) in [4.78, 5) is 22.4. The summed E-state index contributed by atoms with van der Waals surface area (Å²) in [5.74, 6) is -0.317. The first kappa shape index (κ1) is 17.8. The molecule has 2 aromatic rings. The molecule has 0 aliphatic carbocycles. The standard InChI is InChI=1S/C14H9F6NO3/c1-24-12-9(10(22)11(12)23)21-5-6-2-7(13(15,16)17)4-8(3-6)14(18,19)20/h2-4,21H,5H2,1H3. The van der Waals surface area contributed by atoms with Gasteiger partial charge in [-0.2, -0.15) is 26.3 Å². The molecule has 0 radical (unpaired) electrons. The fourth-order valence-corrected chi connectivity index (χ4v) is 2.04. The number of ether oxygens (including phenoxy) is 1. The number of anilines is 1. The van der Waals surface area contributed by atoms with Gasteiger partial charge in [0, 0.05) is 6.54 Å². The molecule has 0 atom stereocenters. The Morgan fingerprint density at radius 1 is 0.917 bits per heavy atom. The van der Waals surface area contributed by atoms with Gasteiger partial charge in [-0.25, -0.2) is 0 Å². The minimum absolute atomic E-state index is 0.00137. The summed E-state index contributed by atoms with van der Waals surface area (Å²) in [7, 11) is 1.10. The van der Waals surface area contributed by atoms with Crippen LogP contribution in [0.1, 0.15) is 16.7 Å². The van der Waals surface area contributed by atoms with Gasteiger partial charge in [0.25, 0.3) is 10.9 Å². The van der Waals surface area contributed by atoms with Crippen LogP contribution in [0, 0.1) is 0 Å². The van der Waals surface area contributed by atoms with Crippen LogP contribution in [0.2, 0.25) is 0 Å². The quantitative estimate of drug-likeness (QED) is 0.678. The molecule has 2 rings (SSSR count). The lowest BCUT2D eigenvalue weighted by Gasteiger charge is -2.16. The van der Waals surface area contributed by atoms with E-state index in [9.17, 15) is 35.9 Å². The maximum absolute atomic E-state index is 12.7. The molecule has 10 heteroatoms. The van der Waals surface area contributed by atoms with Crippen LogP contribution in [-0.2, 0) is 18.9 Å². The highest BCUT2D eigenvalue weighted by Crippen LogP contribution is 2.36. The zero-order chi connectivity index (χ0) is 18.3. The van der Waals surface area contributed by atoms with Crippen LogP contribution in [0.15, 0.2) is 27.8 Å². The molecule has 0 aromatic heterocycles. The molecule has 0 amide bonds. The highest BCUT2D eigenvalue weighted by molar-refractivity contribution is 5.61. The Kier molecular flexibility index (Phi) is 4.34. The topological polar surface area (TPSA) is 55.4 Å². The summed E-state index contributed by atoms with van der Waals surface area (Å²) >= 11 is 0. The summed E-state index contributed by atoms with van der Waals surface area (Å²) in [5.41, 5.74) is -5.44. The zero-order valence-electron chi connectivity index (χ0n) is 11.9. The number of rotatable bonds is 4. The largest absolute Gasteiger partial charge is 0.491 e. The third kappa shape index (κ3) is 3.36. The van der Waals surface area contributed by atoms with E-state index < -0.39 is 40.9 Å². The Labute approximate surface area is 130 Å². The molecule has 130 valence electrons. The summed E-state index contributed by atoms with van der Waals surface area (Å²) in [6.45, 7) is -0.520. The van der Waals surface area contributed by atoms with E-state index in [1.54, 1.807) is 0 Å². The molecule has 2 aromatic carbocycles. The van der Waals surface area contributed by atoms with Crippen LogP contribution in [-0.4, -0.2) is 7.11 Å². The molecule has 0 aliphatic rings. The van der Waals surface area contributed by atoms with Gasteiger partial charge in [0.15, 0.2) is 5.75 Å². The predicted octanol–water partition coefficient (Wildman–Crippen LogP) is 2.94. The summed E-state index contributed by atoms with van der Waals surface area (Å²) in [5, 5.41) is 2.32. The van der Waals surface area contributed by atoms with E-state index >= 15 is 0 Å². The first-order valence-electron chi connectivity index (χ1n) is 6.34. The van der Waals surface area contributed by atoms with E-state index in [-0.39, 0.29) is 23.1 Å². The molecule has 0 fully saturated rings. The van der Waals surface area contributed by atoms with E-state index in [0.717, 1.165) is 7.11 Å². The van der Waals surface area contributed by atoms with E-state index in [0.29, 0.717) is 12.1 Å². The van der Waals surface area contributed by atoms with Crippen molar-refractivity contribution in [2.75, 3.05) is 12.4 Å². The van der Waals surface area contributed by atoms with Crippen LogP contribution in [0.4, 0.5) is 32.0 Å². The Bertz CT molecular complexity index is 798. The van der Waals surface area contributed by atoms with Gasteiger partial charge in [0.1, 0.15) is 5.69 Å². The van der Waals surface area contributed by atoms with Crippen molar-refractivity contribution in [3.8, 4) is 5.75 Å². The average Bonchev–Trinajstić information content (AvgIpc) is 2.48. The monoisotopic (exact) mass is 353 g/mol. The lowest BCUT2D eigenvalue weighted by atomic mass is 10.0. The number of methoxy groups -OCH3 is 1. The smallest absolute Gasteiger partial charge is 0.416 e. The van der Waals surface area contributed by atoms with Gasteiger partial charge in [-0.1, -0.05) is 0 Å². The molecule has 0 spiro atoms. The lowest BCUT2D eigenvalue weighted by Crippen LogP contribution is -2.35. The Morgan fingerprint density at radius 2 is 1.42 bits per heavy atom. The minimum atomic E-state index is -4.96. The van der Waals surface area contributed by atoms with Gasteiger partial charge in [-0.05, 0) is 23.8 Å². The normalized spacial score (nSPS) is 12.5. The Morgan fingerprint density at radius 3 is 1.83 bits per heavy atom. The first-order chi connectivity index (χ1) is 10.9. The van der Waals surface area contributed by atoms with Crippen molar-refractivity contribution in [2.24, 2.45) is 0 Å². The number of alkyl halides is 6. The van der Waals surface area contributed by atoms with Gasteiger partial charge in [0.05, 0.1) is 18.2 Å². The second kappa shape index (κ2) is 5.84. The molecule has 0 saturated heterocycles. The minimum Gasteiger partial charge on any atom is -0.491 e. The van der Waals surface area contributed by atoms with Crippen molar-refractivity contribution in [1.29, 1.82) is 0 Å². The molecule has 24 heavy (non-hydrogen) atoms. The van der Waals surface area contributed by atoms with E-state index in [4.69, 9.17) is 0 Å². The molecule has 1 N–H and O–H groups in total. The molecule has 4 nitrogen and oxygen atoms in total. The van der Waals surface area contributed by atoms with Crippen molar-refractivity contribution in [3.05, 3.63) is 55.3 Å². The Balaban J connectivity index is 2.34. The second-order valence-corrected chi connectivity index (χ2v) is 4.83. The lowest BCUT2D eigenvalue weighted by molar-refractivity contribution is -0.143. The zero-order valence-corrected chi connectivity index (χ0v) is 11.9. The van der Waals surface area contributed by atoms with Gasteiger partial charge in [-0.15, -0.1) is 0 Å². The molecule has 0 aliphatic heterocycles. The SMILES string of the molecule is COc1c(NCc2cc(C(F)(F)F)cc(C(F)(F)F)c2)c(=O)c1=O. The van der Waals surface area contributed by atoms with Crippen LogP contribution >= 0.6 is 0 Å². The summed E-state index contributed by atoms with van der Waals surface area (Å²) in [6, 6.07) is 1.06. The van der Waals surface area contributed by atoms with E-state index in [1.807, 2.05) is 0 Å². The predicted molar refractivity (Wildman–Crippen MR) is 71.7 cm³/mol. The van der Waals surface area contributed by atoms with Gasteiger partial charge in [0.2, 0.25) is 0 Å². The molecule has 0 saturated carbocycles. The van der Waals surface area contributed by atoms with E-state index in [2.05, 4.69) is 10.1 Å². The van der Waals surface area contributed by atoms with Gasteiger partial charge in [-0.3, -0.25) is 9.59 Å². The van der Waals surface area contributed by atoms with Gasteiger partial charge < -0.3 is 10.1 Å². The van der Waals surface area contributed by atoms with Crippen molar-refractivity contribution in [1.82, 2.24) is 0 Å². The fraction of sp³-hybridized carbons (Fsp3) is 0.286. The molecule has 0 heterocycles. The van der Waals surface area contributed by atoms with Crippen molar-refractivity contribution < 1.29 is 31.1 Å². The third-order valence-corrected chi connectivity index (χ3v) is 3.19. The van der Waals surface area contributed by atoms with Crippen LogP contribution in [0.5, 0.6) is 5.75 Å². The molecular formula is C14H9F6NO3. The third-order valence-electron chi connectivity index (χ3n) is 3.19. The molecule has 0 bridgehead atoms. The number of hydrogen-bond acceptors (Lipinski definition) is 4. The molecular weight excluding hydrogens is 344 g/mol. The van der Waals surface area contributed by atoms with Crippen LogP contribution < -0.4 is 20.9 Å². The van der Waals surface area contributed by atoms with Crippen molar-refractivity contribution >= 4 is 5.69 Å². The number of hydrogen-bond donors (Lipinski definition) is 1. The summed E-state index contributed by atoms with van der Waals surface area (Å²) in [6.07, 6.45) is -9.93. The number of benzene rings is 1. The van der Waals surface area contributed by atoms with Crippen LogP contribution in [0.3, 0.4) is 0 Å². The maximum atomic E-state index is 12.7. The van der Waals surface area contributed by atoms with Crippen molar-refractivity contribution in [3.63, 3.8) is 0 Å². The highest BCUT2D eigenvalue weighted by Gasteiger charge is 2.36. The summed E-state index contributed by atoms with van der Waals surface area (Å²) < 4.78 is 81.0. The second-order valence-electron chi connectivity index (χ2n) is 4.83. The first-order valence-corrected chi connectivity index (χ1v) is 6.34. The molecule has 0 unspecified atom stereocenters. The Hall–Kier alpha value is -2.52. The highest BCUT2D eigenvalue weighted by atomic mass is 19.4. The fourth-order valence-electron chi connectivity index (χ4n) is 2.04. The van der Waals surface area contributed by atoms with Crippen LogP contribution in [0.25, 0.3) is 0 Å². The van der Waals surface area contributed by atoms with Crippen molar-refractivity contribution in [2.45, 2.75) is 18.9 Å². The van der Waals surface area contributed by atoms with E-state index in [1.165, 1.54) is 0 Å². The average molecular weight is 353 g/mol.